The Morgan fingerprint density at radius 1 is 0.880 bits per heavy atom. The highest BCUT2D eigenvalue weighted by molar-refractivity contribution is 5.79. The largest absolute Gasteiger partial charge is 0.479 e. The lowest BCUT2D eigenvalue weighted by Crippen LogP contribution is -2.21. The highest BCUT2D eigenvalue weighted by atomic mass is 19.4. The Hall–Kier alpha value is -2.71. The van der Waals surface area contributed by atoms with Crippen LogP contribution in [0, 0.1) is 0 Å². The summed E-state index contributed by atoms with van der Waals surface area (Å²) < 4.78 is 76.4. The molecule has 0 radical (unpaired) electrons. The zero-order chi connectivity index (χ0) is 18.8. The van der Waals surface area contributed by atoms with Crippen LogP contribution < -0.4 is 5.32 Å². The van der Waals surface area contributed by atoms with Gasteiger partial charge in [0.1, 0.15) is 0 Å². The number of benzene rings is 2. The molecular formula is C16H11F6NO2. The molecule has 0 aliphatic heterocycles. The van der Waals surface area contributed by atoms with Crippen molar-refractivity contribution in [2.24, 2.45) is 0 Å². The smallest absolute Gasteiger partial charge is 0.416 e. The lowest BCUT2D eigenvalue weighted by molar-refractivity contribution is -0.139. The lowest BCUT2D eigenvalue weighted by atomic mass is 10.0. The van der Waals surface area contributed by atoms with Gasteiger partial charge in [-0.1, -0.05) is 18.2 Å². The first-order chi connectivity index (χ1) is 11.5. The molecule has 134 valence electrons. The molecule has 0 saturated heterocycles. The Labute approximate surface area is 137 Å². The maximum Gasteiger partial charge on any atom is 0.416 e. The molecule has 0 fully saturated rings. The van der Waals surface area contributed by atoms with Crippen LogP contribution in [0.15, 0.2) is 48.5 Å². The molecule has 25 heavy (non-hydrogen) atoms. The molecule has 0 aromatic heterocycles. The van der Waals surface area contributed by atoms with E-state index in [2.05, 4.69) is 5.32 Å². The summed E-state index contributed by atoms with van der Waals surface area (Å²) in [7, 11) is 0. The van der Waals surface area contributed by atoms with E-state index in [9.17, 15) is 36.2 Å². The summed E-state index contributed by atoms with van der Waals surface area (Å²) in [6.45, 7) is 0. The summed E-state index contributed by atoms with van der Waals surface area (Å²) in [6, 6.07) is 5.68. The quantitative estimate of drug-likeness (QED) is 0.755. The first kappa shape index (κ1) is 18.6. The number of alkyl halides is 6. The minimum Gasteiger partial charge on any atom is -0.479 e. The summed E-state index contributed by atoms with van der Waals surface area (Å²) >= 11 is 0. The zero-order valence-electron chi connectivity index (χ0n) is 12.3. The van der Waals surface area contributed by atoms with Crippen molar-refractivity contribution in [3.8, 4) is 0 Å². The Kier molecular flexibility index (Phi) is 4.96. The molecule has 0 aliphatic rings. The van der Waals surface area contributed by atoms with Gasteiger partial charge in [-0.3, -0.25) is 0 Å². The van der Waals surface area contributed by atoms with Gasteiger partial charge in [-0.15, -0.1) is 0 Å². The molecule has 0 amide bonds. The van der Waals surface area contributed by atoms with Crippen LogP contribution in [0.2, 0.25) is 0 Å². The predicted molar refractivity (Wildman–Crippen MR) is 76.9 cm³/mol. The van der Waals surface area contributed by atoms with E-state index in [1.165, 1.54) is 6.07 Å². The average molecular weight is 363 g/mol. The van der Waals surface area contributed by atoms with Crippen LogP contribution in [-0.2, 0) is 17.1 Å². The minimum atomic E-state index is -4.67. The van der Waals surface area contributed by atoms with E-state index in [0.29, 0.717) is 12.1 Å². The molecule has 2 aromatic rings. The Balaban J connectivity index is 2.36. The van der Waals surface area contributed by atoms with Crippen LogP contribution in [0.5, 0.6) is 0 Å². The van der Waals surface area contributed by atoms with Gasteiger partial charge in [0, 0.05) is 5.69 Å². The highest BCUT2D eigenvalue weighted by Gasteiger charge is 2.33. The number of aliphatic carboxylic acids is 1. The second kappa shape index (κ2) is 6.66. The number of rotatable bonds is 4. The van der Waals surface area contributed by atoms with Gasteiger partial charge in [0.15, 0.2) is 6.04 Å². The van der Waals surface area contributed by atoms with Crippen LogP contribution in [0.3, 0.4) is 0 Å². The van der Waals surface area contributed by atoms with Crippen molar-refractivity contribution in [1.29, 1.82) is 0 Å². The third kappa shape index (κ3) is 4.65. The lowest BCUT2D eigenvalue weighted by Gasteiger charge is -2.18. The molecule has 9 heteroatoms. The Morgan fingerprint density at radius 2 is 1.40 bits per heavy atom. The number of halogens is 6. The van der Waals surface area contributed by atoms with Crippen LogP contribution in [-0.4, -0.2) is 11.1 Å². The predicted octanol–water partition coefficient (Wildman–Crippen LogP) is 4.96. The molecule has 1 unspecified atom stereocenters. The molecule has 0 bridgehead atoms. The van der Waals surface area contributed by atoms with E-state index in [0.717, 1.165) is 30.3 Å². The zero-order valence-corrected chi connectivity index (χ0v) is 12.3. The van der Waals surface area contributed by atoms with E-state index in [4.69, 9.17) is 0 Å². The maximum absolute atomic E-state index is 12.8. The second-order valence-corrected chi connectivity index (χ2v) is 5.12. The van der Waals surface area contributed by atoms with E-state index in [-0.39, 0.29) is 11.3 Å². The number of anilines is 1. The SMILES string of the molecule is O=C(O)C(Nc1cccc(C(F)(F)F)c1)c1cccc(C(F)(F)F)c1. The van der Waals surface area contributed by atoms with Gasteiger partial charge in [-0.25, -0.2) is 4.79 Å². The molecule has 2 rings (SSSR count). The molecule has 3 nitrogen and oxygen atoms in total. The van der Waals surface area contributed by atoms with Crippen LogP contribution in [0.4, 0.5) is 32.0 Å². The summed E-state index contributed by atoms with van der Waals surface area (Å²) in [5.74, 6) is -1.53. The highest BCUT2D eigenvalue weighted by Crippen LogP contribution is 2.33. The summed E-state index contributed by atoms with van der Waals surface area (Å²) in [5, 5.41) is 11.6. The summed E-state index contributed by atoms with van der Waals surface area (Å²) in [4.78, 5) is 11.4. The third-order valence-corrected chi connectivity index (χ3v) is 3.30. The normalized spacial score (nSPS) is 13.4. The second-order valence-electron chi connectivity index (χ2n) is 5.12. The molecule has 0 spiro atoms. The first-order valence-electron chi connectivity index (χ1n) is 6.82. The molecule has 0 heterocycles. The molecular weight excluding hydrogens is 352 g/mol. The van der Waals surface area contributed by atoms with Crippen molar-refractivity contribution < 1.29 is 36.2 Å². The molecule has 1 atom stereocenters. The number of hydrogen-bond donors (Lipinski definition) is 2. The molecule has 0 aliphatic carbocycles. The first-order valence-corrected chi connectivity index (χ1v) is 6.82. The van der Waals surface area contributed by atoms with Crippen molar-refractivity contribution in [1.82, 2.24) is 0 Å². The van der Waals surface area contributed by atoms with Crippen LogP contribution in [0.25, 0.3) is 0 Å². The number of carboxylic acids is 1. The number of nitrogens with one attached hydrogen (secondary N) is 1. The Bertz CT molecular complexity index is 770. The van der Waals surface area contributed by atoms with Gasteiger partial charge < -0.3 is 10.4 Å². The van der Waals surface area contributed by atoms with E-state index < -0.39 is 35.5 Å². The number of carboxylic acid groups (broad SMARTS) is 1. The van der Waals surface area contributed by atoms with Crippen molar-refractivity contribution in [2.75, 3.05) is 5.32 Å². The standard InChI is InChI=1S/C16H11F6NO2/c17-15(18,19)10-4-1-3-9(7-10)13(14(24)25)23-12-6-2-5-11(8-12)16(20,21)22/h1-8,13,23H,(H,24,25). The number of hydrogen-bond acceptors (Lipinski definition) is 2. The average Bonchev–Trinajstić information content (AvgIpc) is 2.51. The van der Waals surface area contributed by atoms with E-state index in [1.807, 2.05) is 0 Å². The van der Waals surface area contributed by atoms with Gasteiger partial charge in [-0.2, -0.15) is 26.3 Å². The monoisotopic (exact) mass is 363 g/mol. The van der Waals surface area contributed by atoms with Gasteiger partial charge in [-0.05, 0) is 35.9 Å². The molecule has 2 N–H and O–H groups in total. The van der Waals surface area contributed by atoms with Gasteiger partial charge in [0.25, 0.3) is 0 Å². The van der Waals surface area contributed by atoms with Crippen molar-refractivity contribution in [3.05, 3.63) is 65.2 Å². The topological polar surface area (TPSA) is 49.3 Å². The summed E-state index contributed by atoms with van der Waals surface area (Å²) in [6.07, 6.45) is -9.30. The third-order valence-electron chi connectivity index (χ3n) is 3.30. The fraction of sp³-hybridized carbons (Fsp3) is 0.188. The van der Waals surface area contributed by atoms with Crippen LogP contribution >= 0.6 is 0 Å². The fourth-order valence-corrected chi connectivity index (χ4v) is 2.13. The van der Waals surface area contributed by atoms with Crippen molar-refractivity contribution >= 4 is 11.7 Å². The minimum absolute atomic E-state index is 0.181. The van der Waals surface area contributed by atoms with Gasteiger partial charge in [0.05, 0.1) is 11.1 Å². The number of carbonyl (C=O) groups is 1. The maximum atomic E-state index is 12.8. The van der Waals surface area contributed by atoms with Gasteiger partial charge in [0.2, 0.25) is 0 Å². The fourth-order valence-electron chi connectivity index (χ4n) is 2.13. The van der Waals surface area contributed by atoms with Crippen LogP contribution in [0.1, 0.15) is 22.7 Å². The van der Waals surface area contributed by atoms with E-state index >= 15 is 0 Å². The van der Waals surface area contributed by atoms with E-state index in [1.54, 1.807) is 0 Å². The Morgan fingerprint density at radius 3 is 1.92 bits per heavy atom. The molecule has 0 saturated carbocycles. The molecule has 2 aromatic carbocycles. The van der Waals surface area contributed by atoms with Gasteiger partial charge >= 0.3 is 18.3 Å². The van der Waals surface area contributed by atoms with Crippen molar-refractivity contribution in [3.63, 3.8) is 0 Å². The summed E-state index contributed by atoms with van der Waals surface area (Å²) in [5.41, 5.74) is -2.48. The van der Waals surface area contributed by atoms with Crippen molar-refractivity contribution in [2.45, 2.75) is 18.4 Å².